The first-order valence-corrected chi connectivity index (χ1v) is 11.2. The molecule has 26 heavy (non-hydrogen) atoms. The van der Waals surface area contributed by atoms with Gasteiger partial charge in [0.2, 0.25) is 11.8 Å². The molecule has 0 spiro atoms. The Labute approximate surface area is 166 Å². The van der Waals surface area contributed by atoms with Crippen LogP contribution >= 0.6 is 35.1 Å². The van der Waals surface area contributed by atoms with Crippen LogP contribution in [0.3, 0.4) is 0 Å². The number of imide groups is 1. The minimum absolute atomic E-state index is 0.107. The van der Waals surface area contributed by atoms with E-state index in [4.69, 9.17) is 11.6 Å². The van der Waals surface area contributed by atoms with E-state index in [9.17, 15) is 9.59 Å². The zero-order valence-electron chi connectivity index (χ0n) is 14.9. The number of amides is 2. The Morgan fingerprint density at radius 2 is 2.12 bits per heavy atom. The van der Waals surface area contributed by atoms with Crippen LogP contribution in [0.4, 0.5) is 5.69 Å². The van der Waals surface area contributed by atoms with Crippen molar-refractivity contribution in [3.63, 3.8) is 0 Å². The first kappa shape index (κ1) is 20.8. The smallest absolute Gasteiger partial charge is 0.237 e. The van der Waals surface area contributed by atoms with Crippen LogP contribution in [-0.4, -0.2) is 50.6 Å². The van der Waals surface area contributed by atoms with Crippen molar-refractivity contribution in [2.75, 3.05) is 28.9 Å². The predicted octanol–water partition coefficient (Wildman–Crippen LogP) is 3.53. The first-order chi connectivity index (χ1) is 12.5. The molecule has 0 bridgehead atoms. The third-order valence-electron chi connectivity index (χ3n) is 3.63. The molecule has 6 nitrogen and oxygen atoms in total. The maximum atomic E-state index is 12.9. The molecule has 9 heteroatoms. The third-order valence-corrected chi connectivity index (χ3v) is 5.35. The molecule has 0 saturated heterocycles. The van der Waals surface area contributed by atoms with Crippen LogP contribution in [0.2, 0.25) is 5.15 Å². The summed E-state index contributed by atoms with van der Waals surface area (Å²) in [7, 11) is 0. The number of pyridine rings is 1. The van der Waals surface area contributed by atoms with Crippen LogP contribution in [0.5, 0.6) is 0 Å². The lowest BCUT2D eigenvalue weighted by molar-refractivity contribution is -0.128. The zero-order valence-corrected chi connectivity index (χ0v) is 17.3. The number of halogens is 1. The van der Waals surface area contributed by atoms with Gasteiger partial charge in [-0.1, -0.05) is 18.5 Å². The average molecular weight is 413 g/mol. The molecule has 0 saturated carbocycles. The van der Waals surface area contributed by atoms with E-state index in [1.807, 2.05) is 25.5 Å². The summed E-state index contributed by atoms with van der Waals surface area (Å²) in [6.45, 7) is 1.81. The molecule has 0 fully saturated rings. The lowest BCUT2D eigenvalue weighted by Crippen LogP contribution is -2.41. The van der Waals surface area contributed by atoms with Gasteiger partial charge in [-0.15, -0.1) is 0 Å². The van der Waals surface area contributed by atoms with Crippen molar-refractivity contribution in [3.8, 4) is 5.69 Å². The highest BCUT2D eigenvalue weighted by Crippen LogP contribution is 2.28. The molecule has 1 unspecified atom stereocenters. The fraction of sp³-hybridized carbons (Fsp3) is 0.412. The summed E-state index contributed by atoms with van der Waals surface area (Å²) in [5, 5.41) is 4.35. The Kier molecular flexibility index (Phi) is 7.99. The Hall–Kier alpha value is -1.51. The van der Waals surface area contributed by atoms with Crippen molar-refractivity contribution in [1.29, 1.82) is 0 Å². The van der Waals surface area contributed by atoms with Crippen molar-refractivity contribution >= 4 is 52.6 Å². The van der Waals surface area contributed by atoms with Crippen LogP contribution in [0.25, 0.3) is 5.69 Å². The second-order valence-electron chi connectivity index (χ2n) is 5.63. The van der Waals surface area contributed by atoms with Crippen molar-refractivity contribution in [3.05, 3.63) is 35.9 Å². The maximum absolute atomic E-state index is 12.9. The number of aromatic nitrogens is 3. The van der Waals surface area contributed by atoms with Crippen LogP contribution < -0.4 is 4.90 Å². The van der Waals surface area contributed by atoms with Gasteiger partial charge in [0.1, 0.15) is 5.69 Å². The van der Waals surface area contributed by atoms with Gasteiger partial charge in [0.15, 0.2) is 5.15 Å². The van der Waals surface area contributed by atoms with Crippen LogP contribution in [0.1, 0.15) is 13.3 Å². The molecule has 2 rings (SSSR count). The summed E-state index contributed by atoms with van der Waals surface area (Å²) in [4.78, 5) is 30.9. The molecule has 2 aromatic rings. The molecular formula is C17H21ClN4O2S2. The van der Waals surface area contributed by atoms with E-state index in [2.05, 4.69) is 10.1 Å². The molecule has 0 aliphatic rings. The summed E-state index contributed by atoms with van der Waals surface area (Å²) < 4.78 is 1.52. The summed E-state index contributed by atoms with van der Waals surface area (Å²) in [6.07, 6.45) is 8.99. The highest BCUT2D eigenvalue weighted by atomic mass is 35.5. The zero-order chi connectivity index (χ0) is 19.1. The van der Waals surface area contributed by atoms with E-state index >= 15 is 0 Å². The van der Waals surface area contributed by atoms with E-state index in [1.165, 1.54) is 9.58 Å². The number of anilines is 1. The van der Waals surface area contributed by atoms with Crippen LogP contribution in [0, 0.1) is 5.92 Å². The molecule has 140 valence electrons. The topological polar surface area (TPSA) is 68.1 Å². The van der Waals surface area contributed by atoms with Crippen LogP contribution in [-0.2, 0) is 9.59 Å². The highest BCUT2D eigenvalue weighted by molar-refractivity contribution is 7.98. The standard InChI is InChI=1S/C17H21ClN4O2S2/c1-12(11-26-3)17(24)22(15(23)6-8-25-2)14-10-21(20-16(14)18)13-5-4-7-19-9-13/h4-5,7,9-10,12H,6,8,11H2,1-3H3. The Bertz CT molecular complexity index is 754. The molecule has 2 heterocycles. The summed E-state index contributed by atoms with van der Waals surface area (Å²) in [6, 6.07) is 3.59. The van der Waals surface area contributed by atoms with Gasteiger partial charge in [0.05, 0.1) is 18.1 Å². The normalized spacial score (nSPS) is 12.0. The monoisotopic (exact) mass is 412 g/mol. The minimum Gasteiger partial charge on any atom is -0.274 e. The number of rotatable bonds is 8. The van der Waals surface area contributed by atoms with Crippen molar-refractivity contribution in [2.45, 2.75) is 13.3 Å². The fourth-order valence-electron chi connectivity index (χ4n) is 2.33. The van der Waals surface area contributed by atoms with Gasteiger partial charge >= 0.3 is 0 Å². The number of hydrogen-bond donors (Lipinski definition) is 0. The molecule has 0 aliphatic heterocycles. The summed E-state index contributed by atoms with van der Waals surface area (Å²) >= 11 is 9.40. The molecule has 0 aromatic carbocycles. The van der Waals surface area contributed by atoms with E-state index in [1.54, 1.807) is 48.2 Å². The van der Waals surface area contributed by atoms with E-state index in [-0.39, 0.29) is 29.3 Å². The second-order valence-corrected chi connectivity index (χ2v) is 7.88. The number of hydrogen-bond acceptors (Lipinski definition) is 6. The molecular weight excluding hydrogens is 392 g/mol. The Morgan fingerprint density at radius 1 is 1.35 bits per heavy atom. The number of carbonyl (C=O) groups excluding carboxylic acids is 2. The van der Waals surface area contributed by atoms with Crippen molar-refractivity contribution in [2.24, 2.45) is 5.92 Å². The third kappa shape index (κ3) is 5.02. The molecule has 1 atom stereocenters. The summed E-state index contributed by atoms with van der Waals surface area (Å²) in [5.74, 6) is 0.414. The number of thioether (sulfide) groups is 2. The maximum Gasteiger partial charge on any atom is 0.237 e. The predicted molar refractivity (Wildman–Crippen MR) is 109 cm³/mol. The largest absolute Gasteiger partial charge is 0.274 e. The molecule has 2 amide bonds. The molecule has 2 aromatic heterocycles. The van der Waals surface area contributed by atoms with E-state index in [0.29, 0.717) is 22.9 Å². The Morgan fingerprint density at radius 3 is 2.73 bits per heavy atom. The van der Waals surface area contributed by atoms with Gasteiger partial charge in [-0.05, 0) is 24.6 Å². The van der Waals surface area contributed by atoms with Crippen molar-refractivity contribution in [1.82, 2.24) is 14.8 Å². The molecule has 0 N–H and O–H groups in total. The SMILES string of the molecule is CSCCC(=O)N(C(=O)C(C)CSC)c1cn(-c2cccnc2)nc1Cl. The van der Waals surface area contributed by atoms with E-state index in [0.717, 1.165) is 0 Å². The second kappa shape index (κ2) is 9.99. The number of nitrogens with zero attached hydrogens (tertiary/aromatic N) is 4. The molecule has 0 radical (unpaired) electrons. The van der Waals surface area contributed by atoms with Crippen molar-refractivity contribution < 1.29 is 9.59 Å². The Balaban J connectivity index is 2.40. The van der Waals surface area contributed by atoms with Gasteiger partial charge < -0.3 is 0 Å². The van der Waals surface area contributed by atoms with Gasteiger partial charge in [-0.2, -0.15) is 28.6 Å². The van der Waals surface area contributed by atoms with Gasteiger partial charge in [0.25, 0.3) is 0 Å². The first-order valence-electron chi connectivity index (χ1n) is 7.99. The van der Waals surface area contributed by atoms with Gasteiger partial charge in [-0.25, -0.2) is 9.58 Å². The quantitative estimate of drug-likeness (QED) is 0.660. The number of carbonyl (C=O) groups is 2. The van der Waals surface area contributed by atoms with Gasteiger partial charge in [0, 0.05) is 30.0 Å². The van der Waals surface area contributed by atoms with Gasteiger partial charge in [-0.3, -0.25) is 14.6 Å². The average Bonchev–Trinajstić information content (AvgIpc) is 3.02. The summed E-state index contributed by atoms with van der Waals surface area (Å²) in [5.41, 5.74) is 1.00. The minimum atomic E-state index is -0.305. The van der Waals surface area contributed by atoms with Crippen LogP contribution in [0.15, 0.2) is 30.7 Å². The lowest BCUT2D eigenvalue weighted by Gasteiger charge is -2.23. The van der Waals surface area contributed by atoms with E-state index < -0.39 is 0 Å². The lowest BCUT2D eigenvalue weighted by atomic mass is 10.1. The highest BCUT2D eigenvalue weighted by Gasteiger charge is 2.30. The molecule has 0 aliphatic carbocycles. The fourth-order valence-corrected chi connectivity index (χ4v) is 3.57.